The Kier molecular flexibility index (Phi) is 2.88. The fourth-order valence-electron chi connectivity index (χ4n) is 1.37. The van der Waals surface area contributed by atoms with Crippen LogP contribution in [0.2, 0.25) is 0 Å². The third-order valence-corrected chi connectivity index (χ3v) is 2.07. The first-order valence-corrected chi connectivity index (χ1v) is 4.45. The predicted molar refractivity (Wildman–Crippen MR) is 50.7 cm³/mol. The number of aryl methyl sites for hydroxylation is 1. The molecule has 1 N–H and O–H groups in total. The van der Waals surface area contributed by atoms with Gasteiger partial charge in [0.1, 0.15) is 12.2 Å². The molecule has 1 aromatic rings. The molecule has 0 unspecified atom stereocenters. The second kappa shape index (κ2) is 3.77. The minimum atomic E-state index is -0.780. The molecule has 14 heavy (non-hydrogen) atoms. The van der Waals surface area contributed by atoms with E-state index in [2.05, 4.69) is 10.2 Å². The topological polar surface area (TPSA) is 68.0 Å². The normalized spacial score (nSPS) is 11.6. The van der Waals surface area contributed by atoms with E-state index in [0.29, 0.717) is 6.42 Å². The molecular formula is C9H15N3O2. The Balaban J connectivity index is 2.68. The van der Waals surface area contributed by atoms with Gasteiger partial charge in [-0.05, 0) is 5.41 Å². The lowest BCUT2D eigenvalue weighted by atomic mass is 9.85. The first kappa shape index (κ1) is 10.7. The molecule has 0 saturated heterocycles. The van der Waals surface area contributed by atoms with Crippen molar-refractivity contribution in [3.05, 3.63) is 12.2 Å². The molecular weight excluding hydrogens is 182 g/mol. The van der Waals surface area contributed by atoms with Gasteiger partial charge in [-0.25, -0.2) is 0 Å². The van der Waals surface area contributed by atoms with Gasteiger partial charge in [-0.15, -0.1) is 10.2 Å². The summed E-state index contributed by atoms with van der Waals surface area (Å²) in [6.07, 6.45) is 2.38. The molecule has 1 heterocycles. The van der Waals surface area contributed by atoms with Crippen LogP contribution in [0.1, 0.15) is 26.1 Å². The first-order valence-electron chi connectivity index (χ1n) is 4.45. The molecule has 0 aliphatic rings. The van der Waals surface area contributed by atoms with Crippen LogP contribution in [0.5, 0.6) is 0 Å². The predicted octanol–water partition coefficient (Wildman–Crippen LogP) is 0.858. The molecule has 0 saturated carbocycles. The van der Waals surface area contributed by atoms with Crippen LogP contribution < -0.4 is 0 Å². The van der Waals surface area contributed by atoms with E-state index in [1.807, 2.05) is 25.5 Å². The van der Waals surface area contributed by atoms with Crippen molar-refractivity contribution in [2.45, 2.75) is 26.7 Å². The molecule has 0 spiro atoms. The summed E-state index contributed by atoms with van der Waals surface area (Å²) < 4.78 is 1.81. The first-order chi connectivity index (χ1) is 6.41. The Morgan fingerprint density at radius 3 is 2.71 bits per heavy atom. The molecule has 0 radical (unpaired) electrons. The van der Waals surface area contributed by atoms with Crippen LogP contribution in [0.15, 0.2) is 6.33 Å². The van der Waals surface area contributed by atoms with Crippen LogP contribution in [0.4, 0.5) is 0 Å². The van der Waals surface area contributed by atoms with Crippen molar-refractivity contribution < 1.29 is 9.90 Å². The second-order valence-corrected chi connectivity index (χ2v) is 4.27. The zero-order valence-corrected chi connectivity index (χ0v) is 8.69. The number of aliphatic carboxylic acids is 1. The smallest absolute Gasteiger partial charge is 0.303 e. The molecule has 0 amide bonds. The van der Waals surface area contributed by atoms with Gasteiger partial charge >= 0.3 is 5.97 Å². The van der Waals surface area contributed by atoms with Gasteiger partial charge in [-0.2, -0.15) is 0 Å². The van der Waals surface area contributed by atoms with E-state index in [0.717, 1.165) is 5.82 Å². The number of hydrogen-bond acceptors (Lipinski definition) is 3. The Hall–Kier alpha value is -1.39. The minimum absolute atomic E-state index is 0.139. The Labute approximate surface area is 82.8 Å². The van der Waals surface area contributed by atoms with Gasteiger partial charge in [0, 0.05) is 13.5 Å². The Morgan fingerprint density at radius 2 is 2.29 bits per heavy atom. The lowest BCUT2D eigenvalue weighted by Gasteiger charge is -2.21. The summed E-state index contributed by atoms with van der Waals surface area (Å²) in [4.78, 5) is 10.6. The van der Waals surface area contributed by atoms with Crippen molar-refractivity contribution in [2.24, 2.45) is 12.5 Å². The quantitative estimate of drug-likeness (QED) is 0.777. The molecule has 0 aliphatic carbocycles. The summed E-state index contributed by atoms with van der Waals surface area (Å²) in [6, 6.07) is 0. The van der Waals surface area contributed by atoms with Crippen molar-refractivity contribution in [1.82, 2.24) is 14.8 Å². The highest BCUT2D eigenvalue weighted by Gasteiger charge is 2.24. The number of carboxylic acid groups (broad SMARTS) is 1. The fraction of sp³-hybridized carbons (Fsp3) is 0.667. The molecule has 1 rings (SSSR count). The van der Waals surface area contributed by atoms with Crippen LogP contribution in [-0.2, 0) is 18.3 Å². The number of nitrogens with zero attached hydrogens (tertiary/aromatic N) is 3. The highest BCUT2D eigenvalue weighted by atomic mass is 16.4. The molecule has 0 fully saturated rings. The molecule has 78 valence electrons. The Morgan fingerprint density at radius 1 is 1.64 bits per heavy atom. The Bertz CT molecular complexity index is 331. The number of rotatable bonds is 4. The van der Waals surface area contributed by atoms with Gasteiger partial charge in [0.25, 0.3) is 0 Å². The second-order valence-electron chi connectivity index (χ2n) is 4.27. The number of carboxylic acids is 1. The lowest BCUT2D eigenvalue weighted by Crippen LogP contribution is -2.21. The van der Waals surface area contributed by atoms with Crippen LogP contribution >= 0.6 is 0 Å². The average molecular weight is 197 g/mol. The largest absolute Gasteiger partial charge is 0.481 e. The van der Waals surface area contributed by atoms with Crippen molar-refractivity contribution >= 4 is 5.97 Å². The standard InChI is InChI=1S/C9H15N3O2/c1-9(2,5-8(13)14)4-7-11-10-6-12(7)3/h6H,4-5H2,1-3H3,(H,13,14). The zero-order valence-electron chi connectivity index (χ0n) is 8.69. The van der Waals surface area contributed by atoms with E-state index in [-0.39, 0.29) is 11.8 Å². The molecule has 0 aromatic carbocycles. The highest BCUT2D eigenvalue weighted by molar-refractivity contribution is 5.67. The van der Waals surface area contributed by atoms with Gasteiger partial charge in [0.15, 0.2) is 0 Å². The maximum absolute atomic E-state index is 10.6. The van der Waals surface area contributed by atoms with E-state index < -0.39 is 5.97 Å². The highest BCUT2D eigenvalue weighted by Crippen LogP contribution is 2.24. The minimum Gasteiger partial charge on any atom is -0.481 e. The summed E-state index contributed by atoms with van der Waals surface area (Å²) in [7, 11) is 1.85. The summed E-state index contributed by atoms with van der Waals surface area (Å²) in [5, 5.41) is 16.4. The van der Waals surface area contributed by atoms with Crippen molar-refractivity contribution in [3.63, 3.8) is 0 Å². The van der Waals surface area contributed by atoms with Crippen LogP contribution in [0.25, 0.3) is 0 Å². The van der Waals surface area contributed by atoms with E-state index in [1.54, 1.807) is 6.33 Å². The lowest BCUT2D eigenvalue weighted by molar-refractivity contribution is -0.139. The van der Waals surface area contributed by atoms with E-state index >= 15 is 0 Å². The maximum atomic E-state index is 10.6. The third-order valence-electron chi connectivity index (χ3n) is 2.07. The van der Waals surface area contributed by atoms with Crippen molar-refractivity contribution in [1.29, 1.82) is 0 Å². The molecule has 0 atom stereocenters. The summed E-state index contributed by atoms with van der Waals surface area (Å²) in [5.74, 6) is 0.0356. The van der Waals surface area contributed by atoms with Gasteiger partial charge < -0.3 is 9.67 Å². The van der Waals surface area contributed by atoms with E-state index in [9.17, 15) is 4.79 Å². The summed E-state index contributed by atoms with van der Waals surface area (Å²) in [6.45, 7) is 3.82. The summed E-state index contributed by atoms with van der Waals surface area (Å²) in [5.41, 5.74) is -0.285. The summed E-state index contributed by atoms with van der Waals surface area (Å²) >= 11 is 0. The van der Waals surface area contributed by atoms with Crippen LogP contribution in [0, 0.1) is 5.41 Å². The van der Waals surface area contributed by atoms with E-state index in [1.165, 1.54) is 0 Å². The maximum Gasteiger partial charge on any atom is 0.303 e. The molecule has 5 nitrogen and oxygen atoms in total. The van der Waals surface area contributed by atoms with E-state index in [4.69, 9.17) is 5.11 Å². The van der Waals surface area contributed by atoms with Gasteiger partial charge in [0.05, 0.1) is 6.42 Å². The monoisotopic (exact) mass is 197 g/mol. The number of carbonyl (C=O) groups is 1. The fourth-order valence-corrected chi connectivity index (χ4v) is 1.37. The molecule has 1 aromatic heterocycles. The van der Waals surface area contributed by atoms with Crippen molar-refractivity contribution in [2.75, 3.05) is 0 Å². The third kappa shape index (κ3) is 2.83. The number of hydrogen-bond donors (Lipinski definition) is 1. The molecule has 0 bridgehead atoms. The number of aromatic nitrogens is 3. The molecule has 5 heteroatoms. The van der Waals surface area contributed by atoms with Crippen LogP contribution in [-0.4, -0.2) is 25.8 Å². The van der Waals surface area contributed by atoms with Gasteiger partial charge in [-0.3, -0.25) is 4.79 Å². The SMILES string of the molecule is Cn1cnnc1CC(C)(C)CC(=O)O. The average Bonchev–Trinajstić information content (AvgIpc) is 2.32. The molecule has 0 aliphatic heterocycles. The van der Waals surface area contributed by atoms with Crippen molar-refractivity contribution in [3.8, 4) is 0 Å². The van der Waals surface area contributed by atoms with Crippen LogP contribution in [0.3, 0.4) is 0 Å². The van der Waals surface area contributed by atoms with Gasteiger partial charge in [-0.1, -0.05) is 13.8 Å². The zero-order chi connectivity index (χ0) is 10.8. The van der Waals surface area contributed by atoms with Gasteiger partial charge in [0.2, 0.25) is 0 Å².